The van der Waals surface area contributed by atoms with Gasteiger partial charge in [0.05, 0.1) is 4.90 Å². The second-order valence-corrected chi connectivity index (χ2v) is 5.63. The van der Waals surface area contributed by atoms with Crippen molar-refractivity contribution >= 4 is 17.5 Å². The zero-order chi connectivity index (χ0) is 12.3. The topological polar surface area (TPSA) is 17.1 Å². The van der Waals surface area contributed by atoms with E-state index in [0.29, 0.717) is 16.4 Å². The summed E-state index contributed by atoms with van der Waals surface area (Å²) in [6.07, 6.45) is 0. The molecular formula is C13H17FOS. The molecular weight excluding hydrogens is 223 g/mol. The molecule has 88 valence electrons. The lowest BCUT2D eigenvalue weighted by Crippen LogP contribution is -2.08. The first-order valence-electron chi connectivity index (χ1n) is 5.39. The summed E-state index contributed by atoms with van der Waals surface area (Å²) in [6, 6.07) is 4.67. The van der Waals surface area contributed by atoms with Crippen LogP contribution in [0, 0.1) is 11.7 Å². The Kier molecular flexibility index (Phi) is 4.54. The number of rotatable bonds is 4. The maximum Gasteiger partial charge on any atom is 0.161 e. The van der Waals surface area contributed by atoms with Gasteiger partial charge < -0.3 is 0 Å². The van der Waals surface area contributed by atoms with E-state index in [4.69, 9.17) is 0 Å². The fraction of sp³-hybridized carbons (Fsp3) is 0.462. The minimum absolute atomic E-state index is 0.0852. The number of hydrogen-bond acceptors (Lipinski definition) is 2. The maximum atomic E-state index is 13.7. The highest BCUT2D eigenvalue weighted by atomic mass is 32.2. The van der Waals surface area contributed by atoms with Gasteiger partial charge >= 0.3 is 0 Å². The molecule has 0 amide bonds. The summed E-state index contributed by atoms with van der Waals surface area (Å²) in [5, 5.41) is 0.287. The van der Waals surface area contributed by atoms with Crippen molar-refractivity contribution in [2.45, 2.75) is 37.8 Å². The van der Waals surface area contributed by atoms with Gasteiger partial charge in [-0.25, -0.2) is 4.39 Å². The molecule has 1 unspecified atom stereocenters. The summed E-state index contributed by atoms with van der Waals surface area (Å²) in [5.41, 5.74) is 0.484. The van der Waals surface area contributed by atoms with Crippen molar-refractivity contribution in [2.24, 2.45) is 5.92 Å². The monoisotopic (exact) mass is 240 g/mol. The number of ketones is 1. The predicted molar refractivity (Wildman–Crippen MR) is 66.6 cm³/mol. The molecule has 0 N–H and O–H groups in total. The van der Waals surface area contributed by atoms with Gasteiger partial charge in [0.1, 0.15) is 5.82 Å². The van der Waals surface area contributed by atoms with Crippen LogP contribution in [-0.4, -0.2) is 11.0 Å². The highest BCUT2D eigenvalue weighted by Crippen LogP contribution is 2.32. The average molecular weight is 240 g/mol. The van der Waals surface area contributed by atoms with E-state index in [1.54, 1.807) is 12.1 Å². The van der Waals surface area contributed by atoms with Crippen LogP contribution in [-0.2, 0) is 0 Å². The van der Waals surface area contributed by atoms with Crippen molar-refractivity contribution in [1.82, 2.24) is 0 Å². The quantitative estimate of drug-likeness (QED) is 0.580. The van der Waals surface area contributed by atoms with E-state index in [1.807, 2.05) is 6.92 Å². The Balaban J connectivity index is 3.06. The zero-order valence-corrected chi connectivity index (χ0v) is 10.9. The molecule has 0 aliphatic carbocycles. The van der Waals surface area contributed by atoms with Crippen LogP contribution >= 0.6 is 11.8 Å². The highest BCUT2D eigenvalue weighted by Gasteiger charge is 2.17. The largest absolute Gasteiger partial charge is 0.294 e. The van der Waals surface area contributed by atoms with Crippen LogP contribution in [0.5, 0.6) is 0 Å². The first-order chi connectivity index (χ1) is 7.43. The number of halogens is 1. The molecule has 3 heteroatoms. The van der Waals surface area contributed by atoms with E-state index in [9.17, 15) is 9.18 Å². The van der Waals surface area contributed by atoms with Gasteiger partial charge in [-0.05, 0) is 18.9 Å². The summed E-state index contributed by atoms with van der Waals surface area (Å²) in [4.78, 5) is 11.9. The molecule has 0 bridgehead atoms. The molecule has 1 nitrogen and oxygen atoms in total. The molecule has 1 atom stereocenters. The number of hydrogen-bond donors (Lipinski definition) is 0. The van der Waals surface area contributed by atoms with Crippen LogP contribution in [0.25, 0.3) is 0 Å². The van der Waals surface area contributed by atoms with Gasteiger partial charge in [0.25, 0.3) is 0 Å². The van der Waals surface area contributed by atoms with Crippen molar-refractivity contribution in [3.05, 3.63) is 29.6 Å². The second-order valence-electron chi connectivity index (χ2n) is 4.24. The highest BCUT2D eigenvalue weighted by molar-refractivity contribution is 8.00. The minimum atomic E-state index is -0.301. The van der Waals surface area contributed by atoms with E-state index < -0.39 is 0 Å². The first-order valence-corrected chi connectivity index (χ1v) is 6.27. The van der Waals surface area contributed by atoms with Crippen molar-refractivity contribution in [1.29, 1.82) is 0 Å². The van der Waals surface area contributed by atoms with Gasteiger partial charge in [0.15, 0.2) is 5.78 Å². The Labute approximate surface area is 100 Å². The molecule has 1 aromatic carbocycles. The van der Waals surface area contributed by atoms with Crippen molar-refractivity contribution in [3.8, 4) is 0 Å². The summed E-state index contributed by atoms with van der Waals surface area (Å²) in [6.45, 7) is 7.70. The Hall–Kier alpha value is -0.830. The molecule has 0 radical (unpaired) electrons. The number of benzene rings is 1. The second kappa shape index (κ2) is 5.48. The molecule has 0 saturated carbocycles. The Morgan fingerprint density at radius 1 is 1.31 bits per heavy atom. The molecule has 1 rings (SSSR count). The number of Topliss-reactive ketones (excluding diaryl/α,β-unsaturated/α-hetero) is 1. The van der Waals surface area contributed by atoms with Crippen LogP contribution in [0.3, 0.4) is 0 Å². The molecule has 0 fully saturated rings. The lowest BCUT2D eigenvalue weighted by atomic mass is 10.1. The average Bonchev–Trinajstić information content (AvgIpc) is 2.20. The van der Waals surface area contributed by atoms with Gasteiger partial charge in [0, 0.05) is 10.8 Å². The number of thioether (sulfide) groups is 1. The van der Waals surface area contributed by atoms with Crippen LogP contribution in [0.4, 0.5) is 4.39 Å². The van der Waals surface area contributed by atoms with E-state index >= 15 is 0 Å². The molecule has 1 aromatic rings. The maximum absolute atomic E-state index is 13.7. The van der Waals surface area contributed by atoms with Gasteiger partial charge in [-0.3, -0.25) is 4.79 Å². The van der Waals surface area contributed by atoms with Crippen LogP contribution in [0.15, 0.2) is 23.1 Å². The lowest BCUT2D eigenvalue weighted by molar-refractivity contribution is 0.101. The van der Waals surface area contributed by atoms with E-state index in [-0.39, 0.29) is 16.9 Å². The molecule has 0 aromatic heterocycles. The van der Waals surface area contributed by atoms with Gasteiger partial charge in [0.2, 0.25) is 0 Å². The third-order valence-corrected chi connectivity index (χ3v) is 4.16. The van der Waals surface area contributed by atoms with E-state index in [2.05, 4.69) is 13.8 Å². The molecule has 0 spiro atoms. The Morgan fingerprint density at radius 2 is 1.94 bits per heavy atom. The molecule has 16 heavy (non-hydrogen) atoms. The first kappa shape index (κ1) is 13.2. The van der Waals surface area contributed by atoms with Gasteiger partial charge in [-0.15, -0.1) is 11.8 Å². The fourth-order valence-corrected chi connectivity index (χ4v) is 2.39. The van der Waals surface area contributed by atoms with Crippen LogP contribution < -0.4 is 0 Å². The van der Waals surface area contributed by atoms with Crippen molar-refractivity contribution in [3.63, 3.8) is 0 Å². The summed E-state index contributed by atoms with van der Waals surface area (Å²) >= 11 is 1.44. The summed E-state index contributed by atoms with van der Waals surface area (Å²) in [7, 11) is 0. The van der Waals surface area contributed by atoms with E-state index in [1.165, 1.54) is 24.8 Å². The molecule has 0 aliphatic rings. The third kappa shape index (κ3) is 3.08. The zero-order valence-electron chi connectivity index (χ0n) is 10.1. The molecule has 0 saturated heterocycles. The summed E-state index contributed by atoms with van der Waals surface area (Å²) < 4.78 is 13.7. The van der Waals surface area contributed by atoms with Crippen molar-refractivity contribution < 1.29 is 9.18 Å². The summed E-state index contributed by atoms with van der Waals surface area (Å²) in [5.74, 6) is 0.0626. The molecule has 0 heterocycles. The predicted octanol–water partition coefficient (Wildman–Crippen LogP) is 4.16. The van der Waals surface area contributed by atoms with Gasteiger partial charge in [-0.1, -0.05) is 32.9 Å². The fourth-order valence-electron chi connectivity index (χ4n) is 1.23. The standard InChI is InChI=1S/C13H17FOS/c1-8(2)10(4)16-13-11(9(3)15)6-5-7-12(13)14/h5-8,10H,1-4H3. The van der Waals surface area contributed by atoms with Crippen molar-refractivity contribution in [2.75, 3.05) is 0 Å². The van der Waals surface area contributed by atoms with Gasteiger partial charge in [-0.2, -0.15) is 0 Å². The number of carbonyl (C=O) groups excluding carboxylic acids is 1. The lowest BCUT2D eigenvalue weighted by Gasteiger charge is -2.17. The van der Waals surface area contributed by atoms with Crippen LogP contribution in [0.1, 0.15) is 38.1 Å². The van der Waals surface area contributed by atoms with E-state index in [0.717, 1.165) is 0 Å². The normalized spacial score (nSPS) is 12.9. The molecule has 0 aliphatic heterocycles. The van der Waals surface area contributed by atoms with Crippen LogP contribution in [0.2, 0.25) is 0 Å². The Morgan fingerprint density at radius 3 is 2.44 bits per heavy atom. The third-order valence-electron chi connectivity index (χ3n) is 2.59. The smallest absolute Gasteiger partial charge is 0.161 e. The Bertz CT molecular complexity index is 388. The number of carbonyl (C=O) groups is 1. The SMILES string of the molecule is CC(=O)c1cccc(F)c1SC(C)C(C)C. The minimum Gasteiger partial charge on any atom is -0.294 e.